The topological polar surface area (TPSA) is 144 Å². The minimum Gasteiger partial charge on any atom is -0.491 e. The molecule has 0 bridgehead atoms. The summed E-state index contributed by atoms with van der Waals surface area (Å²) in [5, 5.41) is 23.8. The standard InChI is InChI=1S/C20H27N7O6/c1-23-7-9-25(10-8-23)19-21-17-16(18(29)22-20(30)24(17)2)26(19)11-14(28)12-33-15-5-3-13(4-6-15)27(31)32/h3-6,14,16-17,28H,7-12H2,1-2H3,(H,22,29,30). The number of carbonyl (C=O) groups is 2. The first-order valence-electron chi connectivity index (χ1n) is 10.7. The quantitative estimate of drug-likeness (QED) is 0.408. The van der Waals surface area contributed by atoms with Gasteiger partial charge in [-0.1, -0.05) is 0 Å². The summed E-state index contributed by atoms with van der Waals surface area (Å²) in [4.78, 5) is 47.2. The van der Waals surface area contributed by atoms with E-state index >= 15 is 0 Å². The van der Waals surface area contributed by atoms with Crippen LogP contribution in [0.4, 0.5) is 10.5 Å². The number of urea groups is 1. The number of nitro groups is 1. The predicted molar refractivity (Wildman–Crippen MR) is 117 cm³/mol. The van der Waals surface area contributed by atoms with Crippen molar-refractivity contribution in [3.05, 3.63) is 34.4 Å². The van der Waals surface area contributed by atoms with Crippen LogP contribution in [0.5, 0.6) is 5.75 Å². The molecule has 2 fully saturated rings. The number of β-amino-alcohol motifs (C(OH)–C–C–N with tert-alkyl or cyclic N) is 1. The van der Waals surface area contributed by atoms with Crippen molar-refractivity contribution >= 4 is 23.6 Å². The van der Waals surface area contributed by atoms with Crippen LogP contribution < -0.4 is 10.1 Å². The number of ether oxygens (including phenoxy) is 1. The van der Waals surface area contributed by atoms with Gasteiger partial charge in [0.1, 0.15) is 18.5 Å². The number of hydrogen-bond donors (Lipinski definition) is 2. The number of piperazine rings is 1. The lowest BCUT2D eigenvalue weighted by atomic mass is 10.1. The van der Waals surface area contributed by atoms with Crippen molar-refractivity contribution in [1.29, 1.82) is 0 Å². The Morgan fingerprint density at radius 2 is 1.88 bits per heavy atom. The molecule has 3 aliphatic heterocycles. The van der Waals surface area contributed by atoms with Crippen molar-refractivity contribution in [3.63, 3.8) is 0 Å². The van der Waals surface area contributed by atoms with Crippen LogP contribution in [0.1, 0.15) is 0 Å². The van der Waals surface area contributed by atoms with E-state index in [0.717, 1.165) is 13.1 Å². The minimum absolute atomic E-state index is 0.0546. The number of benzene rings is 1. The van der Waals surface area contributed by atoms with Crippen LogP contribution in [0.25, 0.3) is 0 Å². The van der Waals surface area contributed by atoms with Crippen molar-refractivity contribution in [1.82, 2.24) is 24.9 Å². The van der Waals surface area contributed by atoms with E-state index in [1.807, 2.05) is 7.05 Å². The van der Waals surface area contributed by atoms with E-state index in [2.05, 4.69) is 15.1 Å². The number of nitrogens with one attached hydrogen (secondary N) is 1. The third-order valence-corrected chi connectivity index (χ3v) is 6.02. The number of guanidine groups is 1. The van der Waals surface area contributed by atoms with Gasteiger partial charge in [0, 0.05) is 45.4 Å². The first-order chi connectivity index (χ1) is 15.7. The maximum absolute atomic E-state index is 12.7. The zero-order chi connectivity index (χ0) is 23.7. The van der Waals surface area contributed by atoms with E-state index in [4.69, 9.17) is 9.73 Å². The number of fused-ring (bicyclic) bond motifs is 1. The molecule has 3 atom stereocenters. The number of hydrogen-bond acceptors (Lipinski definition) is 10. The Kier molecular flexibility index (Phi) is 6.33. The molecule has 0 radical (unpaired) electrons. The van der Waals surface area contributed by atoms with Gasteiger partial charge < -0.3 is 29.4 Å². The van der Waals surface area contributed by atoms with Crippen LogP contribution in [0, 0.1) is 10.1 Å². The highest BCUT2D eigenvalue weighted by molar-refractivity contribution is 6.03. The third-order valence-electron chi connectivity index (χ3n) is 6.02. The number of amides is 3. The van der Waals surface area contributed by atoms with Crippen LogP contribution >= 0.6 is 0 Å². The molecule has 0 saturated carbocycles. The molecule has 13 nitrogen and oxygen atoms in total. The molecule has 2 N–H and O–H groups in total. The zero-order valence-electron chi connectivity index (χ0n) is 18.5. The van der Waals surface area contributed by atoms with Gasteiger partial charge in [0.2, 0.25) is 0 Å². The molecule has 3 heterocycles. The second-order valence-corrected chi connectivity index (χ2v) is 8.35. The summed E-state index contributed by atoms with van der Waals surface area (Å²) in [6, 6.07) is 4.31. The fourth-order valence-corrected chi connectivity index (χ4v) is 4.11. The van der Waals surface area contributed by atoms with Crippen molar-refractivity contribution in [2.45, 2.75) is 18.3 Å². The van der Waals surface area contributed by atoms with Crippen molar-refractivity contribution in [3.8, 4) is 5.75 Å². The molecule has 0 aromatic heterocycles. The average molecular weight is 461 g/mol. The number of rotatable bonds is 6. The fraction of sp³-hybridized carbons (Fsp3) is 0.550. The highest BCUT2D eigenvalue weighted by Gasteiger charge is 2.50. The highest BCUT2D eigenvalue weighted by atomic mass is 16.6. The normalized spacial score (nSPS) is 24.3. The van der Waals surface area contributed by atoms with E-state index in [0.29, 0.717) is 24.8 Å². The number of non-ortho nitro benzene ring substituents is 1. The summed E-state index contributed by atoms with van der Waals surface area (Å²) >= 11 is 0. The Labute approximate surface area is 190 Å². The maximum atomic E-state index is 12.7. The number of aliphatic hydroxyl groups is 1. The molecule has 4 rings (SSSR count). The van der Waals surface area contributed by atoms with E-state index in [9.17, 15) is 24.8 Å². The molecule has 0 spiro atoms. The first-order valence-corrected chi connectivity index (χ1v) is 10.7. The van der Waals surface area contributed by atoms with E-state index in [-0.39, 0.29) is 18.8 Å². The summed E-state index contributed by atoms with van der Waals surface area (Å²) in [7, 11) is 3.62. The van der Waals surface area contributed by atoms with Gasteiger partial charge in [-0.3, -0.25) is 20.2 Å². The number of imide groups is 1. The SMILES string of the molecule is CN1CCN(C2=NC3C(C(=O)NC(=O)N3C)N2CC(O)COc2ccc([N+](=O)[O-])cc2)CC1. The lowest BCUT2D eigenvalue weighted by molar-refractivity contribution is -0.384. The van der Waals surface area contributed by atoms with Gasteiger partial charge in [0.05, 0.1) is 11.5 Å². The van der Waals surface area contributed by atoms with Crippen molar-refractivity contribution in [2.24, 2.45) is 4.99 Å². The summed E-state index contributed by atoms with van der Waals surface area (Å²) in [6.07, 6.45) is -1.66. The fourth-order valence-electron chi connectivity index (χ4n) is 4.11. The Bertz CT molecular complexity index is 947. The predicted octanol–water partition coefficient (Wildman–Crippen LogP) is -0.870. The van der Waals surface area contributed by atoms with Crippen molar-refractivity contribution < 1.29 is 24.4 Å². The van der Waals surface area contributed by atoms with Gasteiger partial charge in [-0.05, 0) is 19.2 Å². The van der Waals surface area contributed by atoms with Crippen LogP contribution in [-0.2, 0) is 4.79 Å². The molecule has 1 aromatic rings. The minimum atomic E-state index is -0.979. The number of nitrogens with zero attached hydrogens (tertiary/aromatic N) is 6. The molecule has 13 heteroatoms. The number of aliphatic hydroxyl groups excluding tert-OH is 1. The molecule has 0 aliphatic carbocycles. The number of likely N-dealkylation sites (N-methyl/N-ethyl adjacent to an activating group) is 2. The van der Waals surface area contributed by atoms with Crippen molar-refractivity contribution in [2.75, 3.05) is 53.4 Å². The second kappa shape index (κ2) is 9.19. The number of carbonyl (C=O) groups excluding carboxylic acids is 2. The molecule has 3 amide bonds. The smallest absolute Gasteiger partial charge is 0.325 e. The van der Waals surface area contributed by atoms with Gasteiger partial charge in [-0.15, -0.1) is 0 Å². The van der Waals surface area contributed by atoms with E-state index < -0.39 is 35.2 Å². The van der Waals surface area contributed by atoms with Gasteiger partial charge in [-0.25, -0.2) is 9.79 Å². The summed E-state index contributed by atoms with van der Waals surface area (Å²) < 4.78 is 5.58. The first kappa shape index (κ1) is 22.7. The Hall–Kier alpha value is -3.45. The van der Waals surface area contributed by atoms with Gasteiger partial charge in [0.15, 0.2) is 18.2 Å². The Morgan fingerprint density at radius 1 is 1.21 bits per heavy atom. The Morgan fingerprint density at radius 3 is 2.52 bits per heavy atom. The number of aliphatic imine (C=N–C) groups is 1. The molecule has 2 saturated heterocycles. The molecule has 3 aliphatic rings. The summed E-state index contributed by atoms with van der Waals surface area (Å²) in [5.74, 6) is 0.497. The second-order valence-electron chi connectivity index (χ2n) is 8.35. The lowest BCUT2D eigenvalue weighted by Crippen LogP contribution is -2.65. The zero-order valence-corrected chi connectivity index (χ0v) is 18.5. The summed E-state index contributed by atoms with van der Waals surface area (Å²) in [6.45, 7) is 3.05. The van der Waals surface area contributed by atoms with Crippen LogP contribution in [0.15, 0.2) is 29.3 Å². The molecule has 33 heavy (non-hydrogen) atoms. The highest BCUT2D eigenvalue weighted by Crippen LogP contribution is 2.26. The largest absolute Gasteiger partial charge is 0.491 e. The molecular formula is C20H27N7O6. The van der Waals surface area contributed by atoms with Gasteiger partial charge in [-0.2, -0.15) is 0 Å². The monoisotopic (exact) mass is 461 g/mol. The molecular weight excluding hydrogens is 434 g/mol. The molecule has 178 valence electrons. The Balaban J connectivity index is 1.46. The lowest BCUT2D eigenvalue weighted by Gasteiger charge is -2.40. The van der Waals surface area contributed by atoms with Crippen LogP contribution in [0.2, 0.25) is 0 Å². The van der Waals surface area contributed by atoms with Crippen LogP contribution in [0.3, 0.4) is 0 Å². The van der Waals surface area contributed by atoms with Gasteiger partial charge >= 0.3 is 6.03 Å². The third kappa shape index (κ3) is 4.68. The maximum Gasteiger partial charge on any atom is 0.325 e. The van der Waals surface area contributed by atoms with Crippen LogP contribution in [-0.4, -0.2) is 119 Å². The summed E-state index contributed by atoms with van der Waals surface area (Å²) in [5.41, 5.74) is -0.0546. The van der Waals surface area contributed by atoms with E-state index in [1.54, 1.807) is 11.9 Å². The van der Waals surface area contributed by atoms with E-state index in [1.165, 1.54) is 29.2 Å². The molecule has 3 unspecified atom stereocenters. The average Bonchev–Trinajstić information content (AvgIpc) is 3.16. The number of nitro benzene ring substituents is 1. The van der Waals surface area contributed by atoms with Gasteiger partial charge in [0.25, 0.3) is 11.6 Å². The molecule has 1 aromatic carbocycles.